The lowest BCUT2D eigenvalue weighted by molar-refractivity contribution is 0.247. The molecule has 0 atom stereocenters. The van der Waals surface area contributed by atoms with Gasteiger partial charge in [-0.15, -0.1) is 11.3 Å². The van der Waals surface area contributed by atoms with Gasteiger partial charge in [0.2, 0.25) is 0 Å². The van der Waals surface area contributed by atoms with Crippen molar-refractivity contribution in [3.05, 3.63) is 70.7 Å². The highest BCUT2D eigenvalue weighted by Gasteiger charge is 2.19. The lowest BCUT2D eigenvalue weighted by atomic mass is 10.1. The van der Waals surface area contributed by atoms with E-state index in [0.29, 0.717) is 0 Å². The average Bonchev–Trinajstić information content (AvgIpc) is 3.11. The van der Waals surface area contributed by atoms with Gasteiger partial charge >= 0.3 is 0 Å². The molecular weight excluding hydrogens is 338 g/mol. The van der Waals surface area contributed by atoms with Crippen LogP contribution >= 0.6 is 11.3 Å². The highest BCUT2D eigenvalue weighted by molar-refractivity contribution is 7.13. The molecule has 3 aromatic rings. The number of benzene rings is 2. The summed E-state index contributed by atoms with van der Waals surface area (Å²) < 4.78 is 0. The first kappa shape index (κ1) is 17.3. The Morgan fingerprint density at radius 3 is 2.31 bits per heavy atom. The predicted molar refractivity (Wildman–Crippen MR) is 111 cm³/mol. The van der Waals surface area contributed by atoms with Crippen molar-refractivity contribution in [1.29, 1.82) is 0 Å². The number of hydrogen-bond acceptors (Lipinski definition) is 4. The van der Waals surface area contributed by atoms with E-state index in [0.717, 1.165) is 37.7 Å². The number of aryl methyl sites for hydroxylation is 2. The third-order valence-corrected chi connectivity index (χ3v) is 6.07. The molecule has 2 heterocycles. The standard InChI is InChI=1S/C22H25N3S/c1-17-7-3-5-9-20(17)22-23-19(16-26-22)15-24-11-13-25(14-12-24)21-10-6-4-8-18(21)2/h3-10,16H,11-15H2,1-2H3. The van der Waals surface area contributed by atoms with E-state index in [1.54, 1.807) is 11.3 Å². The molecule has 0 unspecified atom stereocenters. The first-order valence-corrected chi connectivity index (χ1v) is 10.1. The Labute approximate surface area is 159 Å². The molecule has 0 saturated carbocycles. The van der Waals surface area contributed by atoms with E-state index in [4.69, 9.17) is 4.98 Å². The van der Waals surface area contributed by atoms with Crippen molar-refractivity contribution in [2.45, 2.75) is 20.4 Å². The van der Waals surface area contributed by atoms with Gasteiger partial charge in [0.05, 0.1) is 5.69 Å². The van der Waals surface area contributed by atoms with Crippen LogP contribution in [0.4, 0.5) is 5.69 Å². The summed E-state index contributed by atoms with van der Waals surface area (Å²) in [6.07, 6.45) is 0. The SMILES string of the molecule is Cc1ccccc1-c1nc(CN2CCN(c3ccccc3C)CC2)cs1. The molecule has 1 saturated heterocycles. The number of piperazine rings is 1. The molecule has 4 heteroatoms. The molecule has 134 valence electrons. The zero-order valence-electron chi connectivity index (χ0n) is 15.5. The van der Waals surface area contributed by atoms with Crippen LogP contribution in [0.5, 0.6) is 0 Å². The smallest absolute Gasteiger partial charge is 0.123 e. The van der Waals surface area contributed by atoms with Crippen molar-refractivity contribution < 1.29 is 0 Å². The molecule has 1 aliphatic rings. The minimum Gasteiger partial charge on any atom is -0.369 e. The second kappa shape index (κ2) is 7.60. The monoisotopic (exact) mass is 363 g/mol. The van der Waals surface area contributed by atoms with Crippen molar-refractivity contribution in [2.24, 2.45) is 0 Å². The van der Waals surface area contributed by atoms with Crippen LogP contribution < -0.4 is 4.90 Å². The van der Waals surface area contributed by atoms with Gasteiger partial charge in [0, 0.05) is 49.4 Å². The fourth-order valence-electron chi connectivity index (χ4n) is 3.61. The van der Waals surface area contributed by atoms with Gasteiger partial charge in [0.25, 0.3) is 0 Å². The van der Waals surface area contributed by atoms with E-state index < -0.39 is 0 Å². The lowest BCUT2D eigenvalue weighted by Gasteiger charge is -2.36. The highest BCUT2D eigenvalue weighted by Crippen LogP contribution is 2.27. The number of thiazole rings is 1. The number of hydrogen-bond donors (Lipinski definition) is 0. The summed E-state index contributed by atoms with van der Waals surface area (Å²) in [4.78, 5) is 9.91. The summed E-state index contributed by atoms with van der Waals surface area (Å²) >= 11 is 1.76. The van der Waals surface area contributed by atoms with Gasteiger partial charge in [0.1, 0.15) is 5.01 Å². The third-order valence-electron chi connectivity index (χ3n) is 5.14. The van der Waals surface area contributed by atoms with Gasteiger partial charge in [-0.1, -0.05) is 42.5 Å². The van der Waals surface area contributed by atoms with Crippen LogP contribution in [0.3, 0.4) is 0 Å². The molecule has 26 heavy (non-hydrogen) atoms. The molecule has 1 aliphatic heterocycles. The lowest BCUT2D eigenvalue weighted by Crippen LogP contribution is -2.46. The summed E-state index contributed by atoms with van der Waals surface area (Å²) in [6, 6.07) is 17.2. The van der Waals surface area contributed by atoms with Crippen LogP contribution in [-0.4, -0.2) is 36.1 Å². The summed E-state index contributed by atoms with van der Waals surface area (Å²) in [5.74, 6) is 0. The van der Waals surface area contributed by atoms with Crippen LogP contribution in [0.1, 0.15) is 16.8 Å². The minimum atomic E-state index is 0.948. The Kier molecular flexibility index (Phi) is 5.05. The van der Waals surface area contributed by atoms with E-state index in [1.165, 1.54) is 28.1 Å². The molecule has 0 N–H and O–H groups in total. The van der Waals surface area contributed by atoms with Crippen molar-refractivity contribution in [3.8, 4) is 10.6 Å². The first-order valence-electron chi connectivity index (χ1n) is 9.24. The van der Waals surface area contributed by atoms with Gasteiger partial charge in [0.15, 0.2) is 0 Å². The molecule has 0 aliphatic carbocycles. The number of nitrogens with zero attached hydrogens (tertiary/aromatic N) is 3. The Balaban J connectivity index is 1.38. The Morgan fingerprint density at radius 2 is 1.58 bits per heavy atom. The second-order valence-corrected chi connectivity index (χ2v) is 7.87. The normalized spacial score (nSPS) is 15.4. The molecule has 4 rings (SSSR count). The molecule has 1 fully saturated rings. The molecular formula is C22H25N3S. The largest absolute Gasteiger partial charge is 0.369 e. The fourth-order valence-corrected chi connectivity index (χ4v) is 4.51. The molecule has 2 aromatic carbocycles. The van der Waals surface area contributed by atoms with E-state index in [9.17, 15) is 0 Å². The van der Waals surface area contributed by atoms with Gasteiger partial charge < -0.3 is 4.90 Å². The van der Waals surface area contributed by atoms with Crippen LogP contribution in [-0.2, 0) is 6.54 Å². The van der Waals surface area contributed by atoms with Crippen LogP contribution in [0, 0.1) is 13.8 Å². The second-order valence-electron chi connectivity index (χ2n) is 7.01. The molecule has 0 radical (unpaired) electrons. The molecule has 0 amide bonds. The summed E-state index contributed by atoms with van der Waals surface area (Å²) in [5, 5.41) is 3.35. The van der Waals surface area contributed by atoms with Crippen molar-refractivity contribution >= 4 is 17.0 Å². The van der Waals surface area contributed by atoms with Crippen LogP contribution in [0.25, 0.3) is 10.6 Å². The van der Waals surface area contributed by atoms with Crippen molar-refractivity contribution in [3.63, 3.8) is 0 Å². The number of rotatable bonds is 4. The minimum absolute atomic E-state index is 0.948. The molecule has 1 aromatic heterocycles. The Bertz CT molecular complexity index is 878. The number of aromatic nitrogens is 1. The van der Waals surface area contributed by atoms with E-state index >= 15 is 0 Å². The maximum absolute atomic E-state index is 4.89. The third kappa shape index (κ3) is 3.67. The number of para-hydroxylation sites is 1. The quantitative estimate of drug-likeness (QED) is 0.667. The summed E-state index contributed by atoms with van der Waals surface area (Å²) in [7, 11) is 0. The van der Waals surface area contributed by atoms with Gasteiger partial charge in [-0.25, -0.2) is 4.98 Å². The van der Waals surface area contributed by atoms with E-state index in [2.05, 4.69) is 77.6 Å². The molecule has 3 nitrogen and oxygen atoms in total. The maximum Gasteiger partial charge on any atom is 0.123 e. The van der Waals surface area contributed by atoms with Crippen LogP contribution in [0.2, 0.25) is 0 Å². The molecule has 0 bridgehead atoms. The maximum atomic E-state index is 4.89. The van der Waals surface area contributed by atoms with E-state index in [1.807, 2.05) is 0 Å². The van der Waals surface area contributed by atoms with Crippen LogP contribution in [0.15, 0.2) is 53.9 Å². The summed E-state index contributed by atoms with van der Waals surface area (Å²) in [5.41, 5.74) is 6.48. The topological polar surface area (TPSA) is 19.4 Å². The first-order chi connectivity index (χ1) is 12.7. The Hall–Kier alpha value is -2.17. The van der Waals surface area contributed by atoms with Gasteiger partial charge in [-0.2, -0.15) is 0 Å². The molecule has 0 spiro atoms. The van der Waals surface area contributed by atoms with Crippen molar-refractivity contribution in [1.82, 2.24) is 9.88 Å². The summed E-state index contributed by atoms with van der Waals surface area (Å²) in [6.45, 7) is 9.64. The van der Waals surface area contributed by atoms with Gasteiger partial charge in [-0.3, -0.25) is 4.90 Å². The predicted octanol–water partition coefficient (Wildman–Crippen LogP) is 4.75. The highest BCUT2D eigenvalue weighted by atomic mass is 32.1. The van der Waals surface area contributed by atoms with Crippen molar-refractivity contribution in [2.75, 3.05) is 31.1 Å². The average molecular weight is 364 g/mol. The zero-order chi connectivity index (χ0) is 17.9. The number of anilines is 1. The van der Waals surface area contributed by atoms with Gasteiger partial charge in [-0.05, 0) is 31.0 Å². The fraction of sp³-hybridized carbons (Fsp3) is 0.318. The Morgan fingerprint density at radius 1 is 0.885 bits per heavy atom. The van der Waals surface area contributed by atoms with E-state index in [-0.39, 0.29) is 0 Å². The zero-order valence-corrected chi connectivity index (χ0v) is 16.3.